The summed E-state index contributed by atoms with van der Waals surface area (Å²) in [6.07, 6.45) is 3.18. The van der Waals surface area contributed by atoms with Crippen LogP contribution in [-0.4, -0.2) is 42.9 Å². The molecule has 2 N–H and O–H groups in total. The van der Waals surface area contributed by atoms with Gasteiger partial charge in [-0.25, -0.2) is 4.79 Å². The summed E-state index contributed by atoms with van der Waals surface area (Å²) in [7, 11) is 1.68. The second-order valence-corrected chi connectivity index (χ2v) is 10.8. The summed E-state index contributed by atoms with van der Waals surface area (Å²) in [4.78, 5) is 14.2. The van der Waals surface area contributed by atoms with Crippen LogP contribution in [0.4, 0.5) is 4.79 Å². The highest BCUT2D eigenvalue weighted by atomic mass is 32.1. The Balaban J connectivity index is 1.41. The number of aryl methyl sites for hydroxylation is 1. The van der Waals surface area contributed by atoms with Gasteiger partial charge in [0.1, 0.15) is 23.0 Å². The molecule has 0 amide bonds. The molecule has 0 spiro atoms. The van der Waals surface area contributed by atoms with E-state index in [2.05, 4.69) is 18.8 Å². The number of carboxylic acid groups (broad SMARTS) is 1. The molecule has 0 aliphatic carbocycles. The number of ether oxygens (including phenoxy) is 5. The van der Waals surface area contributed by atoms with Crippen LogP contribution in [-0.2, 0) is 24.0 Å². The number of hydrogen-bond acceptors (Lipinski definition) is 8. The Hall–Kier alpha value is -3.24. The molecule has 1 aliphatic rings. The van der Waals surface area contributed by atoms with Crippen LogP contribution in [0.25, 0.3) is 11.3 Å². The van der Waals surface area contributed by atoms with Gasteiger partial charge in [0.25, 0.3) is 0 Å². The van der Waals surface area contributed by atoms with Gasteiger partial charge in [-0.15, -0.1) is 11.3 Å². The number of hydrogen-bond donors (Lipinski definition) is 2. The first-order valence-corrected chi connectivity index (χ1v) is 14.6. The van der Waals surface area contributed by atoms with E-state index in [-0.39, 0.29) is 0 Å². The van der Waals surface area contributed by atoms with Crippen LogP contribution in [0, 0.1) is 3.95 Å². The quantitative estimate of drug-likeness (QED) is 0.123. The Morgan fingerprint density at radius 1 is 1.10 bits per heavy atom. The van der Waals surface area contributed by atoms with Gasteiger partial charge in [0.15, 0.2) is 3.95 Å². The standard InChI is InChI=1S/C29H35NO7S2/c1-4-7-20-23(12-9-18-10-14-25(36-26(18)20)37-29(31)32)34-15-6-16-35-24-13-11-19(22-17-39-28(38)30-22)27(33-3)21(24)8-5-2/h9,11-13,17,25H,4-8,10,14-16H2,1-3H3,(H,30,38)(H,31,32). The first-order chi connectivity index (χ1) is 18.9. The summed E-state index contributed by atoms with van der Waals surface area (Å²) in [6, 6.07) is 7.96. The lowest BCUT2D eigenvalue weighted by Gasteiger charge is -2.27. The molecular formula is C29H35NO7S2. The third kappa shape index (κ3) is 7.05. The van der Waals surface area contributed by atoms with Gasteiger partial charge < -0.3 is 33.8 Å². The van der Waals surface area contributed by atoms with Crippen LogP contribution < -0.4 is 18.9 Å². The molecular weight excluding hydrogens is 538 g/mol. The van der Waals surface area contributed by atoms with E-state index in [0.717, 1.165) is 74.8 Å². The number of thiazole rings is 1. The molecule has 1 atom stereocenters. The lowest BCUT2D eigenvalue weighted by molar-refractivity contribution is -0.0640. The molecule has 39 heavy (non-hydrogen) atoms. The molecule has 1 unspecified atom stereocenters. The number of rotatable bonds is 13. The van der Waals surface area contributed by atoms with E-state index in [1.54, 1.807) is 7.11 Å². The van der Waals surface area contributed by atoms with E-state index in [1.807, 2.05) is 29.6 Å². The number of carbonyl (C=O) groups is 1. The smallest absolute Gasteiger partial charge is 0.496 e. The Morgan fingerprint density at radius 2 is 1.79 bits per heavy atom. The molecule has 0 saturated carbocycles. The average molecular weight is 574 g/mol. The van der Waals surface area contributed by atoms with Crippen LogP contribution >= 0.6 is 23.6 Å². The summed E-state index contributed by atoms with van der Waals surface area (Å²) in [6.45, 7) is 5.17. The third-order valence-electron chi connectivity index (χ3n) is 6.47. The van der Waals surface area contributed by atoms with Crippen molar-refractivity contribution in [2.45, 2.75) is 65.1 Å². The minimum atomic E-state index is -1.34. The molecule has 2 aromatic carbocycles. The van der Waals surface area contributed by atoms with Crippen molar-refractivity contribution < 1.29 is 33.6 Å². The minimum absolute atomic E-state index is 0.467. The maximum Gasteiger partial charge on any atom is 0.508 e. The fourth-order valence-corrected chi connectivity index (χ4v) is 5.63. The molecule has 2 heterocycles. The number of aromatic nitrogens is 1. The van der Waals surface area contributed by atoms with Crippen molar-refractivity contribution in [2.24, 2.45) is 0 Å². The van der Waals surface area contributed by atoms with Crippen LogP contribution in [0.1, 0.15) is 56.2 Å². The highest BCUT2D eigenvalue weighted by Crippen LogP contribution is 2.40. The topological polar surface area (TPSA) is 99.2 Å². The number of H-pyrrole nitrogens is 1. The predicted molar refractivity (Wildman–Crippen MR) is 153 cm³/mol. The summed E-state index contributed by atoms with van der Waals surface area (Å²) in [5.74, 6) is 3.05. The fourth-order valence-electron chi connectivity index (χ4n) is 4.80. The Morgan fingerprint density at radius 3 is 2.44 bits per heavy atom. The Kier molecular flexibility index (Phi) is 10.1. The number of benzene rings is 2. The van der Waals surface area contributed by atoms with E-state index in [4.69, 9.17) is 41.0 Å². The molecule has 8 nitrogen and oxygen atoms in total. The highest BCUT2D eigenvalue weighted by Gasteiger charge is 2.26. The van der Waals surface area contributed by atoms with Gasteiger partial charge in [-0.1, -0.05) is 32.8 Å². The maximum absolute atomic E-state index is 11.0. The first kappa shape index (κ1) is 28.8. The van der Waals surface area contributed by atoms with Gasteiger partial charge >= 0.3 is 6.16 Å². The third-order valence-corrected chi connectivity index (χ3v) is 7.53. The van der Waals surface area contributed by atoms with Crippen molar-refractivity contribution in [1.29, 1.82) is 0 Å². The zero-order chi connectivity index (χ0) is 27.8. The van der Waals surface area contributed by atoms with Crippen molar-refractivity contribution in [2.75, 3.05) is 20.3 Å². The van der Waals surface area contributed by atoms with Crippen molar-refractivity contribution in [3.05, 3.63) is 50.3 Å². The van der Waals surface area contributed by atoms with Gasteiger partial charge in [-0.3, -0.25) is 0 Å². The second kappa shape index (κ2) is 13.7. The Bertz CT molecular complexity index is 1330. The number of fused-ring (bicyclic) bond motifs is 1. The minimum Gasteiger partial charge on any atom is -0.496 e. The predicted octanol–water partition coefficient (Wildman–Crippen LogP) is 7.58. The maximum atomic E-state index is 11.0. The van der Waals surface area contributed by atoms with Crippen molar-refractivity contribution >= 4 is 29.7 Å². The number of nitrogens with one attached hydrogen (secondary N) is 1. The summed E-state index contributed by atoms with van der Waals surface area (Å²) in [5.41, 5.74) is 4.95. The highest BCUT2D eigenvalue weighted by molar-refractivity contribution is 7.73. The molecule has 0 fully saturated rings. The van der Waals surface area contributed by atoms with Crippen molar-refractivity contribution in [1.82, 2.24) is 4.98 Å². The van der Waals surface area contributed by atoms with Gasteiger partial charge in [0, 0.05) is 34.9 Å². The molecule has 0 bridgehead atoms. The van der Waals surface area contributed by atoms with Crippen LogP contribution in [0.2, 0.25) is 0 Å². The second-order valence-electron chi connectivity index (χ2n) is 9.24. The number of methoxy groups -OCH3 is 1. The molecule has 0 saturated heterocycles. The molecule has 10 heteroatoms. The average Bonchev–Trinajstić information content (AvgIpc) is 3.35. The van der Waals surface area contributed by atoms with Crippen LogP contribution in [0.5, 0.6) is 23.0 Å². The number of aromatic amines is 1. The van der Waals surface area contributed by atoms with Crippen molar-refractivity contribution in [3.63, 3.8) is 0 Å². The summed E-state index contributed by atoms with van der Waals surface area (Å²) < 4.78 is 29.7. The molecule has 3 aromatic rings. The lowest BCUT2D eigenvalue weighted by atomic mass is 9.98. The molecule has 210 valence electrons. The van der Waals surface area contributed by atoms with E-state index in [0.29, 0.717) is 38.2 Å². The molecule has 0 radical (unpaired) electrons. The Labute approximate surface area is 237 Å². The molecule has 4 rings (SSSR count). The van der Waals surface area contributed by atoms with Crippen LogP contribution in [0.3, 0.4) is 0 Å². The summed E-state index contributed by atoms with van der Waals surface area (Å²) in [5, 5.41) is 11.0. The zero-order valence-electron chi connectivity index (χ0n) is 22.5. The normalized spacial score (nSPS) is 14.3. The van der Waals surface area contributed by atoms with E-state index >= 15 is 0 Å². The largest absolute Gasteiger partial charge is 0.508 e. The summed E-state index contributed by atoms with van der Waals surface area (Å²) >= 11 is 6.76. The van der Waals surface area contributed by atoms with E-state index in [1.165, 1.54) is 11.3 Å². The van der Waals surface area contributed by atoms with Gasteiger partial charge in [0.2, 0.25) is 6.29 Å². The van der Waals surface area contributed by atoms with Gasteiger partial charge in [-0.2, -0.15) is 0 Å². The SMILES string of the molecule is CCCc1c(OCCCOc2ccc(-c3csc(=S)[nH]3)c(OC)c2CCC)ccc2c1OC(OC(=O)O)CC2. The molecule has 1 aromatic heterocycles. The van der Waals surface area contributed by atoms with Gasteiger partial charge in [0.05, 0.1) is 26.0 Å². The van der Waals surface area contributed by atoms with Crippen LogP contribution in [0.15, 0.2) is 29.6 Å². The monoisotopic (exact) mass is 573 g/mol. The first-order valence-electron chi connectivity index (χ1n) is 13.3. The lowest BCUT2D eigenvalue weighted by Crippen LogP contribution is -2.28. The van der Waals surface area contributed by atoms with Gasteiger partial charge in [-0.05, 0) is 55.2 Å². The molecule has 1 aliphatic heterocycles. The zero-order valence-corrected chi connectivity index (χ0v) is 24.2. The van der Waals surface area contributed by atoms with E-state index < -0.39 is 12.4 Å². The van der Waals surface area contributed by atoms with Crippen molar-refractivity contribution in [3.8, 4) is 34.3 Å². The fraction of sp³-hybridized carbons (Fsp3) is 0.448. The van der Waals surface area contributed by atoms with E-state index in [9.17, 15) is 4.79 Å².